The van der Waals surface area contributed by atoms with Crippen LogP contribution in [0, 0.1) is 5.92 Å². The molecule has 14 heteroatoms. The highest BCUT2D eigenvalue weighted by Gasteiger charge is 2.40. The number of halogens is 3. The van der Waals surface area contributed by atoms with Crippen molar-refractivity contribution >= 4 is 17.8 Å². The predicted molar refractivity (Wildman–Crippen MR) is 98.1 cm³/mol. The monoisotopic (exact) mass is 443 g/mol. The maximum absolute atomic E-state index is 12.5. The second kappa shape index (κ2) is 9.24. The Morgan fingerprint density at radius 1 is 1.16 bits per heavy atom. The van der Waals surface area contributed by atoms with Gasteiger partial charge in [-0.1, -0.05) is 0 Å². The van der Waals surface area contributed by atoms with Crippen molar-refractivity contribution in [2.24, 2.45) is 13.0 Å². The van der Waals surface area contributed by atoms with Gasteiger partial charge in [-0.3, -0.25) is 9.48 Å². The van der Waals surface area contributed by atoms with E-state index in [1.807, 2.05) is 0 Å². The Balaban J connectivity index is 0.000000339. The molecule has 2 atom stereocenters. The predicted octanol–water partition coefficient (Wildman–Crippen LogP) is 0.216. The van der Waals surface area contributed by atoms with Crippen LogP contribution in [0.1, 0.15) is 10.6 Å². The van der Waals surface area contributed by atoms with Crippen molar-refractivity contribution in [3.8, 4) is 0 Å². The molecule has 4 heterocycles. The third kappa shape index (κ3) is 5.65. The lowest BCUT2D eigenvalue weighted by Crippen LogP contribution is -2.35. The number of hydrogen-bond donors (Lipinski definition) is 1. The first-order chi connectivity index (χ1) is 14.6. The van der Waals surface area contributed by atoms with Crippen LogP contribution in [-0.2, 0) is 16.6 Å². The summed E-state index contributed by atoms with van der Waals surface area (Å²) in [7, 11) is 1.75. The fourth-order valence-electron chi connectivity index (χ4n) is 3.27. The van der Waals surface area contributed by atoms with Gasteiger partial charge in [-0.25, -0.2) is 19.7 Å². The Hall–Kier alpha value is -3.29. The lowest BCUT2D eigenvalue weighted by Gasteiger charge is -2.23. The summed E-state index contributed by atoms with van der Waals surface area (Å²) in [4.78, 5) is 38.0. The van der Waals surface area contributed by atoms with Crippen LogP contribution in [0.15, 0.2) is 24.8 Å². The minimum atomic E-state index is -5.08. The van der Waals surface area contributed by atoms with E-state index in [4.69, 9.17) is 14.6 Å². The molecule has 11 nitrogen and oxygen atoms in total. The fourth-order valence-corrected chi connectivity index (χ4v) is 3.27. The topological polar surface area (TPSA) is 127 Å². The summed E-state index contributed by atoms with van der Waals surface area (Å²) in [6.07, 6.45) is -0.0378. The number of likely N-dealkylation sites (tertiary alicyclic amines) is 1. The number of amides is 1. The quantitative estimate of drug-likeness (QED) is 0.693. The van der Waals surface area contributed by atoms with E-state index in [9.17, 15) is 18.0 Å². The van der Waals surface area contributed by atoms with E-state index in [1.165, 1.54) is 11.0 Å². The zero-order chi connectivity index (χ0) is 22.6. The highest BCUT2D eigenvalue weighted by molar-refractivity contribution is 5.90. The molecular formula is C17H20F3N7O4. The van der Waals surface area contributed by atoms with Crippen LogP contribution in [0.4, 0.5) is 19.1 Å². The zero-order valence-corrected chi connectivity index (χ0v) is 16.4. The first-order valence-electron chi connectivity index (χ1n) is 9.23. The van der Waals surface area contributed by atoms with Crippen molar-refractivity contribution in [2.75, 3.05) is 37.7 Å². The first-order valence-corrected chi connectivity index (χ1v) is 9.23. The lowest BCUT2D eigenvalue weighted by molar-refractivity contribution is -0.192. The van der Waals surface area contributed by atoms with Crippen LogP contribution in [-0.4, -0.2) is 91.7 Å². The van der Waals surface area contributed by atoms with Crippen LogP contribution in [0.2, 0.25) is 0 Å². The second-order valence-electron chi connectivity index (χ2n) is 6.92. The lowest BCUT2D eigenvalue weighted by atomic mass is 10.1. The Morgan fingerprint density at radius 2 is 1.84 bits per heavy atom. The maximum Gasteiger partial charge on any atom is 0.490 e. The van der Waals surface area contributed by atoms with E-state index in [-0.39, 0.29) is 23.8 Å². The van der Waals surface area contributed by atoms with Crippen molar-refractivity contribution in [3.05, 3.63) is 30.6 Å². The van der Waals surface area contributed by atoms with Crippen molar-refractivity contribution in [1.29, 1.82) is 0 Å². The van der Waals surface area contributed by atoms with Gasteiger partial charge >= 0.3 is 12.1 Å². The van der Waals surface area contributed by atoms with Gasteiger partial charge in [-0.05, 0) is 6.07 Å². The summed E-state index contributed by atoms with van der Waals surface area (Å²) >= 11 is 0. The summed E-state index contributed by atoms with van der Waals surface area (Å²) < 4.78 is 39.2. The van der Waals surface area contributed by atoms with Crippen molar-refractivity contribution in [1.82, 2.24) is 29.6 Å². The molecule has 4 rings (SSSR count). The molecule has 0 spiro atoms. The number of ether oxygens (including phenoxy) is 1. The third-order valence-corrected chi connectivity index (χ3v) is 4.68. The molecule has 31 heavy (non-hydrogen) atoms. The number of nitrogens with zero attached hydrogens (tertiary/aromatic N) is 7. The number of anilines is 1. The Labute approximate surface area is 174 Å². The molecule has 0 aromatic carbocycles. The van der Waals surface area contributed by atoms with Gasteiger partial charge < -0.3 is 19.6 Å². The smallest absolute Gasteiger partial charge is 0.475 e. The largest absolute Gasteiger partial charge is 0.490 e. The molecule has 1 N–H and O–H groups in total. The van der Waals surface area contributed by atoms with Crippen LogP contribution in [0.3, 0.4) is 0 Å². The molecule has 0 saturated carbocycles. The Kier molecular flexibility index (Phi) is 6.68. The number of alkyl halides is 3. The Morgan fingerprint density at radius 3 is 2.42 bits per heavy atom. The van der Waals surface area contributed by atoms with Crippen LogP contribution < -0.4 is 4.90 Å². The summed E-state index contributed by atoms with van der Waals surface area (Å²) in [6, 6.07) is 1.80. The van der Waals surface area contributed by atoms with Gasteiger partial charge in [0.2, 0.25) is 11.8 Å². The normalized spacial score (nSPS) is 21.0. The highest BCUT2D eigenvalue weighted by atomic mass is 19.4. The summed E-state index contributed by atoms with van der Waals surface area (Å²) in [5.74, 6) is -1.73. The number of carbonyl (C=O) groups excluding carboxylic acids is 1. The zero-order valence-electron chi connectivity index (χ0n) is 16.4. The molecule has 2 aliphatic heterocycles. The SMILES string of the molecule is Cn1cnc(C(=O)N2C[C@@H]3CN(c4ncccn4)CCO[C@@H]3C2)n1.O=C(O)C(F)(F)F. The first kappa shape index (κ1) is 22.4. The average Bonchev–Trinajstić information content (AvgIpc) is 3.28. The van der Waals surface area contributed by atoms with Crippen molar-refractivity contribution in [2.45, 2.75) is 12.3 Å². The number of aryl methyl sites for hydroxylation is 1. The minimum absolute atomic E-state index is 0.0337. The molecule has 2 fully saturated rings. The molecule has 1 amide bonds. The number of rotatable bonds is 2. The Bertz CT molecular complexity index is 909. The van der Waals surface area contributed by atoms with Gasteiger partial charge in [-0.2, -0.15) is 13.2 Å². The molecule has 2 aromatic heterocycles. The van der Waals surface area contributed by atoms with Gasteiger partial charge in [-0.15, -0.1) is 5.10 Å². The third-order valence-electron chi connectivity index (χ3n) is 4.68. The van der Waals surface area contributed by atoms with Crippen molar-refractivity contribution < 1.29 is 32.6 Å². The molecule has 2 saturated heterocycles. The number of fused-ring (bicyclic) bond motifs is 1. The van der Waals surface area contributed by atoms with Crippen molar-refractivity contribution in [3.63, 3.8) is 0 Å². The molecule has 0 radical (unpaired) electrons. The minimum Gasteiger partial charge on any atom is -0.475 e. The summed E-state index contributed by atoms with van der Waals surface area (Å²) in [5, 5.41) is 11.2. The van der Waals surface area contributed by atoms with Gasteiger partial charge in [0.15, 0.2) is 0 Å². The maximum atomic E-state index is 12.5. The van der Waals surface area contributed by atoms with E-state index in [0.29, 0.717) is 25.6 Å². The molecule has 2 aromatic rings. The number of carbonyl (C=O) groups is 2. The number of aromatic nitrogens is 5. The molecular weight excluding hydrogens is 423 g/mol. The number of carboxylic acids is 1. The number of aliphatic carboxylic acids is 1. The van der Waals surface area contributed by atoms with Gasteiger partial charge in [0.25, 0.3) is 5.91 Å². The van der Waals surface area contributed by atoms with E-state index >= 15 is 0 Å². The van der Waals surface area contributed by atoms with E-state index < -0.39 is 12.1 Å². The molecule has 0 unspecified atom stereocenters. The second-order valence-corrected chi connectivity index (χ2v) is 6.92. The molecule has 2 aliphatic rings. The number of carboxylic acid groups (broad SMARTS) is 1. The number of hydrogen-bond acceptors (Lipinski definition) is 8. The van der Waals surface area contributed by atoms with E-state index in [0.717, 1.165) is 13.1 Å². The fraction of sp³-hybridized carbons (Fsp3) is 0.529. The summed E-state index contributed by atoms with van der Waals surface area (Å²) in [5.41, 5.74) is 0. The highest BCUT2D eigenvalue weighted by Crippen LogP contribution is 2.25. The van der Waals surface area contributed by atoms with E-state index in [2.05, 4.69) is 25.0 Å². The average molecular weight is 443 g/mol. The van der Waals surface area contributed by atoms with Crippen LogP contribution in [0.5, 0.6) is 0 Å². The van der Waals surface area contributed by atoms with Crippen LogP contribution >= 0.6 is 0 Å². The van der Waals surface area contributed by atoms with Gasteiger partial charge in [0.05, 0.1) is 12.7 Å². The molecule has 0 bridgehead atoms. The van der Waals surface area contributed by atoms with Gasteiger partial charge in [0.1, 0.15) is 6.33 Å². The van der Waals surface area contributed by atoms with E-state index in [1.54, 1.807) is 30.4 Å². The molecule has 168 valence electrons. The van der Waals surface area contributed by atoms with Crippen LogP contribution in [0.25, 0.3) is 0 Å². The molecule has 0 aliphatic carbocycles. The van der Waals surface area contributed by atoms with Gasteiger partial charge in [0, 0.05) is 51.5 Å². The summed E-state index contributed by atoms with van der Waals surface area (Å²) in [6.45, 7) is 3.33. The standard InChI is InChI=1S/C15H19N7O2.C2HF3O2/c1-20-10-18-13(19-20)14(23)22-8-11-7-21(5-6-24-12(11)9-22)15-16-3-2-4-17-15;3-2(4,5)1(6)7/h2-4,10-12H,5-9H2,1H3;(H,6,7)/t11-,12+;/m0./s1.